The lowest BCUT2D eigenvalue weighted by molar-refractivity contribution is -0.0294. The molecule has 1 aliphatic rings. The Kier molecular flexibility index (Phi) is 7.15. The zero-order chi connectivity index (χ0) is 22.5. The van der Waals surface area contributed by atoms with E-state index < -0.39 is 12.1 Å². The summed E-state index contributed by atoms with van der Waals surface area (Å²) < 4.78 is 21.0. The number of nitrogens with zero attached hydrogens (tertiary/aromatic N) is 2. The molecule has 1 unspecified atom stereocenters. The number of carboxylic acids is 1. The van der Waals surface area contributed by atoms with Crippen LogP contribution in [0.4, 0.5) is 4.39 Å². The van der Waals surface area contributed by atoms with Crippen LogP contribution in [0.25, 0.3) is 0 Å². The molecule has 5 nitrogen and oxygen atoms in total. The predicted octanol–water partition coefficient (Wildman–Crippen LogP) is 5.34. The second kappa shape index (κ2) is 10.2. The Labute approximate surface area is 191 Å². The molecule has 0 bridgehead atoms. The summed E-state index contributed by atoms with van der Waals surface area (Å²) in [6.07, 6.45) is 2.57. The van der Waals surface area contributed by atoms with Gasteiger partial charge in [-0.15, -0.1) is 0 Å². The Bertz CT molecular complexity index is 1070. The Hall–Kier alpha value is -2.80. The van der Waals surface area contributed by atoms with Gasteiger partial charge in [-0.3, -0.25) is 9.88 Å². The Morgan fingerprint density at radius 3 is 2.56 bits per heavy atom. The molecular weight excluding hydrogens is 431 g/mol. The first-order valence-corrected chi connectivity index (χ1v) is 10.9. The molecule has 0 amide bonds. The van der Waals surface area contributed by atoms with E-state index in [1.165, 1.54) is 18.3 Å². The number of hydrogen-bond acceptors (Lipinski definition) is 4. The highest BCUT2D eigenvalue weighted by Crippen LogP contribution is 2.32. The van der Waals surface area contributed by atoms with Gasteiger partial charge in [-0.05, 0) is 48.7 Å². The molecule has 1 aromatic heterocycles. The van der Waals surface area contributed by atoms with Gasteiger partial charge in [-0.2, -0.15) is 0 Å². The molecule has 2 aromatic carbocycles. The maximum atomic E-state index is 14.6. The van der Waals surface area contributed by atoms with Crippen LogP contribution in [0.5, 0.6) is 0 Å². The summed E-state index contributed by atoms with van der Waals surface area (Å²) >= 11 is 6.04. The number of hydrogen-bond donors (Lipinski definition) is 1. The highest BCUT2D eigenvalue weighted by atomic mass is 35.5. The van der Waals surface area contributed by atoms with Gasteiger partial charge in [0.15, 0.2) is 0 Å². The van der Waals surface area contributed by atoms with Crippen molar-refractivity contribution < 1.29 is 19.0 Å². The number of pyridine rings is 1. The summed E-state index contributed by atoms with van der Waals surface area (Å²) in [5, 5.41) is 9.78. The number of rotatable bonds is 7. The van der Waals surface area contributed by atoms with Crippen LogP contribution >= 0.6 is 11.6 Å². The molecule has 7 heteroatoms. The lowest BCUT2D eigenvalue weighted by Gasteiger charge is -2.34. The molecule has 2 heterocycles. The minimum absolute atomic E-state index is 0.0233. The SMILES string of the molecule is O=C(O)c1ccnc(CN2CCC(OC(c3ccc(Cl)cc3)c3ccccc3F)CC2)c1. The Morgan fingerprint density at radius 2 is 1.88 bits per heavy atom. The Morgan fingerprint density at radius 1 is 1.16 bits per heavy atom. The van der Waals surface area contributed by atoms with Crippen molar-refractivity contribution in [3.05, 3.63) is 100 Å². The van der Waals surface area contributed by atoms with Gasteiger partial charge < -0.3 is 9.84 Å². The number of aromatic carboxylic acids is 1. The average molecular weight is 455 g/mol. The van der Waals surface area contributed by atoms with Crippen molar-refractivity contribution in [3.63, 3.8) is 0 Å². The molecule has 0 spiro atoms. The van der Waals surface area contributed by atoms with Crippen LogP contribution in [-0.4, -0.2) is 40.2 Å². The number of halogens is 2. The zero-order valence-corrected chi connectivity index (χ0v) is 18.2. The molecule has 3 aromatic rings. The minimum Gasteiger partial charge on any atom is -0.478 e. The maximum Gasteiger partial charge on any atom is 0.335 e. The van der Waals surface area contributed by atoms with Crippen LogP contribution in [0.15, 0.2) is 66.9 Å². The van der Waals surface area contributed by atoms with Crippen LogP contribution < -0.4 is 0 Å². The molecule has 0 radical (unpaired) electrons. The highest BCUT2D eigenvalue weighted by Gasteiger charge is 2.26. The van der Waals surface area contributed by atoms with E-state index in [0.29, 0.717) is 17.1 Å². The molecular formula is C25H24ClFN2O3. The normalized spacial score (nSPS) is 16.1. The van der Waals surface area contributed by atoms with E-state index >= 15 is 0 Å². The minimum atomic E-state index is -0.956. The van der Waals surface area contributed by atoms with Crippen molar-refractivity contribution >= 4 is 17.6 Å². The van der Waals surface area contributed by atoms with E-state index in [1.54, 1.807) is 30.3 Å². The fourth-order valence-corrected chi connectivity index (χ4v) is 4.11. The van der Waals surface area contributed by atoms with E-state index in [2.05, 4.69) is 9.88 Å². The van der Waals surface area contributed by atoms with Gasteiger partial charge in [0.2, 0.25) is 0 Å². The summed E-state index contributed by atoms with van der Waals surface area (Å²) in [5.41, 5.74) is 2.34. The van der Waals surface area contributed by atoms with Crippen LogP contribution in [0, 0.1) is 5.82 Å². The third-order valence-corrected chi connectivity index (χ3v) is 5.92. The summed E-state index contributed by atoms with van der Waals surface area (Å²) in [6.45, 7) is 2.16. The van der Waals surface area contributed by atoms with E-state index in [4.69, 9.17) is 21.4 Å². The number of carboxylic acid groups (broad SMARTS) is 1. The van der Waals surface area contributed by atoms with Crippen LogP contribution in [0.3, 0.4) is 0 Å². The summed E-state index contributed by atoms with van der Waals surface area (Å²) in [6, 6.07) is 17.1. The molecule has 0 saturated carbocycles. The second-order valence-corrected chi connectivity index (χ2v) is 8.34. The van der Waals surface area contributed by atoms with Crippen LogP contribution in [0.2, 0.25) is 5.02 Å². The largest absolute Gasteiger partial charge is 0.478 e. The molecule has 4 rings (SSSR count). The van der Waals surface area contributed by atoms with Gasteiger partial charge in [-0.1, -0.05) is 41.9 Å². The van der Waals surface area contributed by atoms with Crippen molar-refractivity contribution in [1.29, 1.82) is 0 Å². The number of likely N-dealkylation sites (tertiary alicyclic amines) is 1. The molecule has 1 saturated heterocycles. The monoisotopic (exact) mass is 454 g/mol. The van der Waals surface area contributed by atoms with Gasteiger partial charge in [0, 0.05) is 36.4 Å². The Balaban J connectivity index is 1.42. The summed E-state index contributed by atoms with van der Waals surface area (Å²) in [4.78, 5) is 17.7. The molecule has 1 atom stereocenters. The van der Waals surface area contributed by atoms with E-state index in [1.807, 2.05) is 18.2 Å². The van der Waals surface area contributed by atoms with Gasteiger partial charge in [0.1, 0.15) is 11.9 Å². The third-order valence-electron chi connectivity index (χ3n) is 5.67. The van der Waals surface area contributed by atoms with Gasteiger partial charge in [0.05, 0.1) is 17.4 Å². The van der Waals surface area contributed by atoms with Gasteiger partial charge >= 0.3 is 5.97 Å². The first kappa shape index (κ1) is 22.4. The standard InChI is InChI=1S/C25H24ClFN2O3/c26-19-7-5-17(6-8-19)24(22-3-1-2-4-23(22)27)32-21-10-13-29(14-11-21)16-20-15-18(25(30)31)9-12-28-20/h1-9,12,15,21,24H,10-11,13-14,16H2,(H,30,31). The van der Waals surface area contributed by atoms with Crippen molar-refractivity contribution in [2.24, 2.45) is 0 Å². The fraction of sp³-hybridized carbons (Fsp3) is 0.280. The fourth-order valence-electron chi connectivity index (χ4n) is 3.98. The average Bonchev–Trinajstić information content (AvgIpc) is 2.80. The first-order valence-electron chi connectivity index (χ1n) is 10.6. The molecule has 0 aliphatic carbocycles. The van der Waals surface area contributed by atoms with Crippen LogP contribution in [0.1, 0.15) is 46.1 Å². The van der Waals surface area contributed by atoms with Crippen molar-refractivity contribution in [1.82, 2.24) is 9.88 Å². The van der Waals surface area contributed by atoms with Crippen molar-refractivity contribution in [3.8, 4) is 0 Å². The number of piperidine rings is 1. The topological polar surface area (TPSA) is 62.7 Å². The number of ether oxygens (including phenoxy) is 1. The summed E-state index contributed by atoms with van der Waals surface area (Å²) in [5.74, 6) is -1.25. The highest BCUT2D eigenvalue weighted by molar-refractivity contribution is 6.30. The van der Waals surface area contributed by atoms with Crippen molar-refractivity contribution in [2.75, 3.05) is 13.1 Å². The number of carbonyl (C=O) groups is 1. The van der Waals surface area contributed by atoms with Crippen LogP contribution in [-0.2, 0) is 11.3 Å². The zero-order valence-electron chi connectivity index (χ0n) is 17.5. The molecule has 1 N–H and O–H groups in total. The van der Waals surface area contributed by atoms with E-state index in [9.17, 15) is 9.18 Å². The van der Waals surface area contributed by atoms with Gasteiger partial charge in [0.25, 0.3) is 0 Å². The second-order valence-electron chi connectivity index (χ2n) is 7.91. The summed E-state index contributed by atoms with van der Waals surface area (Å²) in [7, 11) is 0. The number of aromatic nitrogens is 1. The van der Waals surface area contributed by atoms with E-state index in [0.717, 1.165) is 37.2 Å². The quantitative estimate of drug-likeness (QED) is 0.522. The molecule has 1 fully saturated rings. The van der Waals surface area contributed by atoms with E-state index in [-0.39, 0.29) is 17.5 Å². The van der Waals surface area contributed by atoms with Crippen molar-refractivity contribution in [2.45, 2.75) is 31.6 Å². The molecule has 166 valence electrons. The van der Waals surface area contributed by atoms with Gasteiger partial charge in [-0.25, -0.2) is 9.18 Å². The third kappa shape index (κ3) is 5.51. The first-order chi connectivity index (χ1) is 15.5. The smallest absolute Gasteiger partial charge is 0.335 e. The number of benzene rings is 2. The molecule has 1 aliphatic heterocycles. The lowest BCUT2D eigenvalue weighted by atomic mass is 9.99. The maximum absolute atomic E-state index is 14.6. The lowest BCUT2D eigenvalue weighted by Crippen LogP contribution is -2.37. The molecule has 32 heavy (non-hydrogen) atoms. The predicted molar refractivity (Wildman–Crippen MR) is 120 cm³/mol.